The maximum atomic E-state index is 7.74. The fourth-order valence-corrected chi connectivity index (χ4v) is 1.39. The zero-order chi connectivity index (χ0) is 14.8. The summed E-state index contributed by atoms with van der Waals surface area (Å²) >= 11 is 0. The van der Waals surface area contributed by atoms with Crippen molar-refractivity contribution in [1.29, 1.82) is 10.8 Å². The Morgan fingerprint density at radius 3 is 1.32 bits per heavy atom. The van der Waals surface area contributed by atoms with Crippen LogP contribution in [-0.2, 0) is 18.9 Å². The SMILES string of the molecule is COCCOC(=N)c1ccc(C(=N)OCCOC)cc1.Cl.Cl. The van der Waals surface area contributed by atoms with E-state index in [9.17, 15) is 0 Å². The van der Waals surface area contributed by atoms with Gasteiger partial charge in [-0.2, -0.15) is 0 Å². The zero-order valence-electron chi connectivity index (χ0n) is 12.6. The predicted molar refractivity (Wildman–Crippen MR) is 90.3 cm³/mol. The average Bonchev–Trinajstić information content (AvgIpc) is 2.47. The number of halogens is 2. The van der Waals surface area contributed by atoms with Crippen molar-refractivity contribution in [2.45, 2.75) is 0 Å². The summed E-state index contributed by atoms with van der Waals surface area (Å²) in [6.45, 7) is 1.57. The van der Waals surface area contributed by atoms with E-state index >= 15 is 0 Å². The van der Waals surface area contributed by atoms with E-state index in [0.29, 0.717) is 37.6 Å². The Labute approximate surface area is 142 Å². The first-order chi connectivity index (χ1) is 9.69. The molecule has 0 amide bonds. The highest BCUT2D eigenvalue weighted by molar-refractivity contribution is 5.95. The second-order valence-corrected chi connectivity index (χ2v) is 3.92. The van der Waals surface area contributed by atoms with Gasteiger partial charge in [0, 0.05) is 25.3 Å². The molecule has 0 aromatic heterocycles. The van der Waals surface area contributed by atoms with E-state index in [-0.39, 0.29) is 36.6 Å². The van der Waals surface area contributed by atoms with Gasteiger partial charge in [0.15, 0.2) is 0 Å². The van der Waals surface area contributed by atoms with Crippen LogP contribution in [0.5, 0.6) is 0 Å². The molecule has 0 bridgehead atoms. The Kier molecular flexibility index (Phi) is 13.9. The summed E-state index contributed by atoms with van der Waals surface area (Å²) in [7, 11) is 3.16. The van der Waals surface area contributed by atoms with E-state index in [1.54, 1.807) is 38.5 Å². The summed E-state index contributed by atoms with van der Waals surface area (Å²) in [6.07, 6.45) is 0. The molecule has 0 aliphatic heterocycles. The van der Waals surface area contributed by atoms with Gasteiger partial charge in [-0.05, 0) is 24.3 Å². The van der Waals surface area contributed by atoms with Crippen molar-refractivity contribution < 1.29 is 18.9 Å². The Hall–Kier alpha value is -1.34. The van der Waals surface area contributed by atoms with Crippen molar-refractivity contribution in [3.63, 3.8) is 0 Å². The molecule has 1 aromatic carbocycles. The second kappa shape index (κ2) is 13.3. The number of benzene rings is 1. The van der Waals surface area contributed by atoms with Crippen LogP contribution < -0.4 is 0 Å². The van der Waals surface area contributed by atoms with Crippen LogP contribution in [0.15, 0.2) is 24.3 Å². The van der Waals surface area contributed by atoms with E-state index < -0.39 is 0 Å². The summed E-state index contributed by atoms with van der Waals surface area (Å²) in [5.74, 6) is 0.167. The highest BCUT2D eigenvalue weighted by Gasteiger charge is 2.06. The summed E-state index contributed by atoms with van der Waals surface area (Å²) in [4.78, 5) is 0. The molecule has 126 valence electrons. The molecule has 2 N–H and O–H groups in total. The van der Waals surface area contributed by atoms with Gasteiger partial charge < -0.3 is 18.9 Å². The molecule has 0 atom stereocenters. The lowest BCUT2D eigenvalue weighted by molar-refractivity contribution is 0.141. The first kappa shape index (κ1) is 22.9. The third-order valence-corrected chi connectivity index (χ3v) is 2.48. The van der Waals surface area contributed by atoms with Crippen LogP contribution in [0.2, 0.25) is 0 Å². The maximum Gasteiger partial charge on any atom is 0.213 e. The largest absolute Gasteiger partial charge is 0.475 e. The van der Waals surface area contributed by atoms with Crippen LogP contribution in [0.1, 0.15) is 11.1 Å². The van der Waals surface area contributed by atoms with E-state index in [2.05, 4.69) is 0 Å². The third-order valence-electron chi connectivity index (χ3n) is 2.48. The summed E-state index contributed by atoms with van der Waals surface area (Å²) in [6, 6.07) is 6.88. The van der Waals surface area contributed by atoms with Crippen molar-refractivity contribution in [2.24, 2.45) is 0 Å². The molecule has 0 spiro atoms. The van der Waals surface area contributed by atoms with Gasteiger partial charge in [0.05, 0.1) is 13.2 Å². The second-order valence-electron chi connectivity index (χ2n) is 3.92. The number of nitrogens with one attached hydrogen (secondary N) is 2. The molecular weight excluding hydrogens is 331 g/mol. The van der Waals surface area contributed by atoms with Crippen LogP contribution in [0.3, 0.4) is 0 Å². The predicted octanol–water partition coefficient (Wildman–Crippen LogP) is 2.51. The molecular formula is C14H22Cl2N2O4. The molecule has 0 unspecified atom stereocenters. The van der Waals surface area contributed by atoms with Gasteiger partial charge in [0.25, 0.3) is 0 Å². The van der Waals surface area contributed by atoms with Gasteiger partial charge >= 0.3 is 0 Å². The van der Waals surface area contributed by atoms with Crippen LogP contribution >= 0.6 is 24.8 Å². The first-order valence-electron chi connectivity index (χ1n) is 6.20. The highest BCUT2D eigenvalue weighted by Crippen LogP contribution is 2.07. The van der Waals surface area contributed by atoms with Crippen molar-refractivity contribution >= 4 is 36.6 Å². The summed E-state index contributed by atoms with van der Waals surface area (Å²) in [5.41, 5.74) is 1.30. The molecule has 8 heteroatoms. The normalized spacial score (nSPS) is 9.18. The fourth-order valence-electron chi connectivity index (χ4n) is 1.39. The summed E-state index contributed by atoms with van der Waals surface area (Å²) in [5, 5.41) is 15.5. The van der Waals surface area contributed by atoms with Gasteiger partial charge in [-0.15, -0.1) is 24.8 Å². The smallest absolute Gasteiger partial charge is 0.213 e. The zero-order valence-corrected chi connectivity index (χ0v) is 14.2. The topological polar surface area (TPSA) is 84.6 Å². The van der Waals surface area contributed by atoms with Gasteiger partial charge in [0.1, 0.15) is 13.2 Å². The van der Waals surface area contributed by atoms with E-state index in [4.69, 9.17) is 29.8 Å². The molecule has 0 radical (unpaired) electrons. The van der Waals surface area contributed by atoms with Crippen LogP contribution in [-0.4, -0.2) is 52.4 Å². The number of hydrogen-bond donors (Lipinski definition) is 2. The molecule has 22 heavy (non-hydrogen) atoms. The van der Waals surface area contributed by atoms with Gasteiger partial charge in [0.2, 0.25) is 11.8 Å². The molecule has 0 aliphatic rings. The molecule has 0 aliphatic carbocycles. The quantitative estimate of drug-likeness (QED) is 0.427. The van der Waals surface area contributed by atoms with Crippen molar-refractivity contribution in [2.75, 3.05) is 40.6 Å². The van der Waals surface area contributed by atoms with Crippen LogP contribution in [0.25, 0.3) is 0 Å². The lowest BCUT2D eigenvalue weighted by Gasteiger charge is -2.09. The van der Waals surface area contributed by atoms with Gasteiger partial charge in [-0.25, -0.2) is 0 Å². The van der Waals surface area contributed by atoms with Gasteiger partial charge in [-0.3, -0.25) is 10.8 Å². The standard InChI is InChI=1S/C14H20N2O4.2ClH/c1-17-7-9-19-13(15)11-3-5-12(6-4-11)14(16)20-10-8-18-2;;/h3-6,15-16H,7-10H2,1-2H3;2*1H. The van der Waals surface area contributed by atoms with Crippen LogP contribution in [0.4, 0.5) is 0 Å². The lowest BCUT2D eigenvalue weighted by atomic mass is 10.1. The molecule has 6 nitrogen and oxygen atoms in total. The lowest BCUT2D eigenvalue weighted by Crippen LogP contribution is -2.12. The van der Waals surface area contributed by atoms with E-state index in [1.807, 2.05) is 0 Å². The Bertz CT molecular complexity index is 400. The average molecular weight is 353 g/mol. The molecule has 1 aromatic rings. The van der Waals surface area contributed by atoms with Crippen molar-refractivity contribution in [1.82, 2.24) is 0 Å². The minimum Gasteiger partial charge on any atom is -0.475 e. The number of methoxy groups -OCH3 is 2. The number of ether oxygens (including phenoxy) is 4. The molecule has 0 saturated carbocycles. The highest BCUT2D eigenvalue weighted by atomic mass is 35.5. The van der Waals surface area contributed by atoms with E-state index in [0.717, 1.165) is 0 Å². The van der Waals surface area contributed by atoms with Crippen LogP contribution in [0, 0.1) is 10.8 Å². The molecule has 0 fully saturated rings. The minimum absolute atomic E-state index is 0. The Morgan fingerprint density at radius 1 is 0.727 bits per heavy atom. The van der Waals surface area contributed by atoms with Crippen molar-refractivity contribution in [3.05, 3.63) is 35.4 Å². The molecule has 1 rings (SSSR count). The number of hydrogen-bond acceptors (Lipinski definition) is 6. The van der Waals surface area contributed by atoms with Crippen molar-refractivity contribution in [3.8, 4) is 0 Å². The monoisotopic (exact) mass is 352 g/mol. The number of rotatable bonds is 8. The van der Waals surface area contributed by atoms with Gasteiger partial charge in [-0.1, -0.05) is 0 Å². The maximum absolute atomic E-state index is 7.74. The first-order valence-corrected chi connectivity index (χ1v) is 6.20. The Balaban J connectivity index is 0. The molecule has 0 saturated heterocycles. The van der Waals surface area contributed by atoms with E-state index in [1.165, 1.54) is 0 Å². The summed E-state index contributed by atoms with van der Waals surface area (Å²) < 4.78 is 20.1. The molecule has 0 heterocycles. The third kappa shape index (κ3) is 8.19. The fraction of sp³-hybridized carbons (Fsp3) is 0.429. The Morgan fingerprint density at radius 2 is 1.05 bits per heavy atom. The minimum atomic E-state index is 0.